The maximum atomic E-state index is 10.9. The number of amides is 1. The molecule has 3 N–H and O–H groups in total. The van der Waals surface area contributed by atoms with Crippen LogP contribution in [0.1, 0.15) is 44.6 Å². The average molecular weight is 250 g/mol. The number of carbonyl (C=O) groups is 1. The summed E-state index contributed by atoms with van der Waals surface area (Å²) in [5, 5.41) is 0. The molecule has 0 unspecified atom stereocenters. The molecule has 0 heterocycles. The van der Waals surface area contributed by atoms with E-state index in [0.29, 0.717) is 18.9 Å². The normalized spacial score (nSPS) is 10.4. The quantitative estimate of drug-likeness (QED) is 0.338. The number of carbonyl (C=O) groups excluding carboxylic acids is 1. The summed E-state index contributed by atoms with van der Waals surface area (Å²) < 4.78 is 5.59. The minimum absolute atomic E-state index is 0.128. The molecule has 0 radical (unpaired) electrons. The fourth-order valence-electron chi connectivity index (χ4n) is 1.60. The zero-order chi connectivity index (χ0) is 13.4. The van der Waals surface area contributed by atoms with Crippen LogP contribution in [0.15, 0.2) is 24.3 Å². The minimum atomic E-state index is -0.128. The molecule has 0 saturated carbocycles. The van der Waals surface area contributed by atoms with Gasteiger partial charge in [-0.05, 0) is 36.5 Å². The van der Waals surface area contributed by atoms with Gasteiger partial charge in [-0.2, -0.15) is 0 Å². The van der Waals surface area contributed by atoms with E-state index in [0.717, 1.165) is 18.6 Å². The van der Waals surface area contributed by atoms with E-state index in [1.54, 1.807) is 0 Å². The minimum Gasteiger partial charge on any atom is -0.494 e. The van der Waals surface area contributed by atoms with Gasteiger partial charge in [-0.1, -0.05) is 26.0 Å². The molecule has 0 fully saturated rings. The Labute approximate surface area is 108 Å². The first-order valence-electron chi connectivity index (χ1n) is 6.35. The lowest BCUT2D eigenvalue weighted by atomic mass is 10.0. The predicted molar refractivity (Wildman–Crippen MR) is 72.2 cm³/mol. The number of nitrogens with one attached hydrogen (secondary N) is 1. The molecular weight excluding hydrogens is 228 g/mol. The standard InChI is InChI=1S/C14H22N2O2/c1-11(2)12-6-8-13(9-7-12)18-10-4-3-5-14(17)16-15/h6-9,11H,3-5,10,15H2,1-2H3,(H,16,17). The lowest BCUT2D eigenvalue weighted by Crippen LogP contribution is -2.29. The second kappa shape index (κ2) is 7.71. The van der Waals surface area contributed by atoms with E-state index in [9.17, 15) is 4.79 Å². The number of ether oxygens (including phenoxy) is 1. The Morgan fingerprint density at radius 2 is 1.94 bits per heavy atom. The molecule has 0 aliphatic carbocycles. The van der Waals surface area contributed by atoms with Gasteiger partial charge in [0, 0.05) is 6.42 Å². The van der Waals surface area contributed by atoms with E-state index < -0.39 is 0 Å². The topological polar surface area (TPSA) is 64.3 Å². The Bertz CT molecular complexity index is 361. The molecule has 4 nitrogen and oxygen atoms in total. The molecule has 0 spiro atoms. The first kappa shape index (κ1) is 14.5. The summed E-state index contributed by atoms with van der Waals surface area (Å²) in [5.41, 5.74) is 3.42. The van der Waals surface area contributed by atoms with Crippen LogP contribution < -0.4 is 16.0 Å². The van der Waals surface area contributed by atoms with Crippen LogP contribution in [-0.2, 0) is 4.79 Å². The van der Waals surface area contributed by atoms with Crippen LogP contribution in [0.3, 0.4) is 0 Å². The zero-order valence-electron chi connectivity index (χ0n) is 11.1. The van der Waals surface area contributed by atoms with Gasteiger partial charge < -0.3 is 4.74 Å². The van der Waals surface area contributed by atoms with E-state index in [2.05, 4.69) is 31.4 Å². The molecule has 0 aliphatic heterocycles. The number of hydrogen-bond donors (Lipinski definition) is 2. The monoisotopic (exact) mass is 250 g/mol. The molecule has 100 valence electrons. The molecule has 4 heteroatoms. The van der Waals surface area contributed by atoms with Gasteiger partial charge in [0.1, 0.15) is 5.75 Å². The van der Waals surface area contributed by atoms with Gasteiger partial charge in [0.25, 0.3) is 0 Å². The molecular formula is C14H22N2O2. The molecule has 1 rings (SSSR count). The van der Waals surface area contributed by atoms with E-state index in [1.807, 2.05) is 12.1 Å². The molecule has 0 aromatic heterocycles. The Hall–Kier alpha value is -1.55. The summed E-state index contributed by atoms with van der Waals surface area (Å²) in [5.74, 6) is 6.27. The van der Waals surface area contributed by atoms with Crippen LogP contribution in [0.4, 0.5) is 0 Å². The highest BCUT2D eigenvalue weighted by molar-refractivity contribution is 5.75. The SMILES string of the molecule is CC(C)c1ccc(OCCCCC(=O)NN)cc1. The van der Waals surface area contributed by atoms with E-state index in [1.165, 1.54) is 5.56 Å². The first-order chi connectivity index (χ1) is 8.63. The lowest BCUT2D eigenvalue weighted by molar-refractivity contribution is -0.121. The van der Waals surface area contributed by atoms with Gasteiger partial charge in [-0.15, -0.1) is 0 Å². The summed E-state index contributed by atoms with van der Waals surface area (Å²) in [7, 11) is 0. The van der Waals surface area contributed by atoms with Crippen LogP contribution in [0.25, 0.3) is 0 Å². The molecule has 0 atom stereocenters. The van der Waals surface area contributed by atoms with Gasteiger partial charge in [0.2, 0.25) is 5.91 Å². The van der Waals surface area contributed by atoms with Crippen molar-refractivity contribution in [1.82, 2.24) is 5.43 Å². The first-order valence-corrected chi connectivity index (χ1v) is 6.35. The zero-order valence-corrected chi connectivity index (χ0v) is 11.1. The highest BCUT2D eigenvalue weighted by Crippen LogP contribution is 2.18. The van der Waals surface area contributed by atoms with Crippen LogP contribution in [0, 0.1) is 0 Å². The second-order valence-corrected chi connectivity index (χ2v) is 4.60. The van der Waals surface area contributed by atoms with Crippen molar-refractivity contribution in [2.24, 2.45) is 5.84 Å². The van der Waals surface area contributed by atoms with E-state index in [-0.39, 0.29) is 5.91 Å². The van der Waals surface area contributed by atoms with E-state index >= 15 is 0 Å². The van der Waals surface area contributed by atoms with Crippen molar-refractivity contribution in [1.29, 1.82) is 0 Å². The Morgan fingerprint density at radius 1 is 1.28 bits per heavy atom. The summed E-state index contributed by atoms with van der Waals surface area (Å²) in [6, 6.07) is 8.15. The maximum Gasteiger partial charge on any atom is 0.233 e. The van der Waals surface area contributed by atoms with Gasteiger partial charge >= 0.3 is 0 Å². The number of benzene rings is 1. The average Bonchev–Trinajstić information content (AvgIpc) is 2.38. The Kier molecular flexibility index (Phi) is 6.22. The van der Waals surface area contributed by atoms with Crippen LogP contribution >= 0.6 is 0 Å². The molecule has 0 saturated heterocycles. The molecule has 0 bridgehead atoms. The highest BCUT2D eigenvalue weighted by Gasteiger charge is 2.00. The lowest BCUT2D eigenvalue weighted by Gasteiger charge is -2.08. The van der Waals surface area contributed by atoms with Crippen molar-refractivity contribution in [2.45, 2.75) is 39.0 Å². The van der Waals surface area contributed by atoms with Crippen molar-refractivity contribution in [3.63, 3.8) is 0 Å². The molecule has 18 heavy (non-hydrogen) atoms. The van der Waals surface area contributed by atoms with Gasteiger partial charge in [0.05, 0.1) is 6.61 Å². The largest absolute Gasteiger partial charge is 0.494 e. The fraction of sp³-hybridized carbons (Fsp3) is 0.500. The molecule has 1 aromatic carbocycles. The van der Waals surface area contributed by atoms with E-state index in [4.69, 9.17) is 10.6 Å². The summed E-state index contributed by atoms with van der Waals surface area (Å²) in [6.07, 6.45) is 2.08. The summed E-state index contributed by atoms with van der Waals surface area (Å²) in [4.78, 5) is 10.9. The smallest absolute Gasteiger partial charge is 0.233 e. The van der Waals surface area contributed by atoms with Crippen molar-refractivity contribution in [2.75, 3.05) is 6.61 Å². The Morgan fingerprint density at radius 3 is 2.50 bits per heavy atom. The van der Waals surface area contributed by atoms with Crippen LogP contribution in [0.2, 0.25) is 0 Å². The van der Waals surface area contributed by atoms with Crippen molar-refractivity contribution < 1.29 is 9.53 Å². The molecule has 0 aliphatic rings. The van der Waals surface area contributed by atoms with Gasteiger partial charge in [0.15, 0.2) is 0 Å². The summed E-state index contributed by atoms with van der Waals surface area (Å²) >= 11 is 0. The molecule has 1 aromatic rings. The third-order valence-corrected chi connectivity index (χ3v) is 2.77. The van der Waals surface area contributed by atoms with Gasteiger partial charge in [-0.25, -0.2) is 5.84 Å². The Balaban J connectivity index is 2.21. The van der Waals surface area contributed by atoms with Crippen molar-refractivity contribution >= 4 is 5.91 Å². The highest BCUT2D eigenvalue weighted by atomic mass is 16.5. The summed E-state index contributed by atoms with van der Waals surface area (Å²) in [6.45, 7) is 4.95. The molecule has 1 amide bonds. The number of rotatable bonds is 7. The predicted octanol–water partition coefficient (Wildman–Crippen LogP) is 2.35. The third kappa shape index (κ3) is 5.19. The second-order valence-electron chi connectivity index (χ2n) is 4.60. The maximum absolute atomic E-state index is 10.9. The fourth-order valence-corrected chi connectivity index (χ4v) is 1.60. The van der Waals surface area contributed by atoms with Crippen molar-refractivity contribution in [3.05, 3.63) is 29.8 Å². The van der Waals surface area contributed by atoms with Crippen molar-refractivity contribution in [3.8, 4) is 5.75 Å². The number of hydrogen-bond acceptors (Lipinski definition) is 3. The van der Waals surface area contributed by atoms with Crippen LogP contribution in [0.5, 0.6) is 5.75 Å². The van der Waals surface area contributed by atoms with Gasteiger partial charge in [-0.3, -0.25) is 10.2 Å². The third-order valence-electron chi connectivity index (χ3n) is 2.77. The number of hydrazine groups is 1. The number of nitrogens with two attached hydrogens (primary N) is 1. The number of unbranched alkanes of at least 4 members (excludes halogenated alkanes) is 1. The van der Waals surface area contributed by atoms with Crippen LogP contribution in [-0.4, -0.2) is 12.5 Å².